The van der Waals surface area contributed by atoms with Gasteiger partial charge in [0.15, 0.2) is 0 Å². The molecular formula is C25H33FN2O4. The first kappa shape index (κ1) is 23.0. The quantitative estimate of drug-likeness (QED) is 0.635. The van der Waals surface area contributed by atoms with Crippen molar-refractivity contribution < 1.29 is 24.4 Å². The number of ether oxygens (including phenoxy) is 1. The summed E-state index contributed by atoms with van der Waals surface area (Å²) in [5.74, 6) is 0.406. The summed E-state index contributed by atoms with van der Waals surface area (Å²) in [5, 5.41) is 32.8. The van der Waals surface area contributed by atoms with Crippen molar-refractivity contribution in [3.63, 3.8) is 0 Å². The Morgan fingerprint density at radius 3 is 2.53 bits per heavy atom. The van der Waals surface area contributed by atoms with Gasteiger partial charge in [0, 0.05) is 32.7 Å². The summed E-state index contributed by atoms with van der Waals surface area (Å²) in [4.78, 5) is 3.97. The zero-order chi connectivity index (χ0) is 22.8. The molecule has 32 heavy (non-hydrogen) atoms. The molecule has 2 aliphatic heterocycles. The molecule has 0 unspecified atom stereocenters. The lowest BCUT2D eigenvalue weighted by atomic mass is 9.86. The summed E-state index contributed by atoms with van der Waals surface area (Å²) in [5.41, 5.74) is -0.697. The normalized spacial score (nSPS) is 26.2. The summed E-state index contributed by atoms with van der Waals surface area (Å²) in [6.07, 6.45) is 0.545. The van der Waals surface area contributed by atoms with E-state index in [1.54, 1.807) is 12.1 Å². The first-order valence-electron chi connectivity index (χ1n) is 11.3. The highest BCUT2D eigenvalue weighted by Gasteiger charge is 2.44. The third-order valence-electron chi connectivity index (χ3n) is 6.72. The number of piperidine rings is 2. The highest BCUT2D eigenvalue weighted by Crippen LogP contribution is 2.31. The van der Waals surface area contributed by atoms with Crippen LogP contribution >= 0.6 is 0 Å². The van der Waals surface area contributed by atoms with Crippen LogP contribution in [0.15, 0.2) is 48.5 Å². The number of para-hydroxylation sites is 1. The minimum atomic E-state index is -1.41. The zero-order valence-electron chi connectivity index (χ0n) is 18.6. The van der Waals surface area contributed by atoms with E-state index in [0.717, 1.165) is 5.56 Å². The largest absolute Gasteiger partial charge is 0.490 e. The van der Waals surface area contributed by atoms with Crippen LogP contribution in [0, 0.1) is 12.7 Å². The maximum Gasteiger partial charge on any atom is 0.146 e. The molecule has 4 rings (SSSR count). The van der Waals surface area contributed by atoms with Crippen molar-refractivity contribution in [1.82, 2.24) is 4.90 Å². The van der Waals surface area contributed by atoms with Crippen LogP contribution in [0.1, 0.15) is 24.8 Å². The van der Waals surface area contributed by atoms with Crippen LogP contribution in [-0.2, 0) is 0 Å². The molecule has 0 aliphatic carbocycles. The zero-order valence-corrected chi connectivity index (χ0v) is 18.6. The number of aliphatic hydroxyl groups is 3. The molecule has 2 fully saturated rings. The minimum absolute atomic E-state index is 0.0202. The standard InChI is InChI=1S/C25H33FN2O4/c1-19-5-4-6-20(15-19)32-18-25(31)17-27(12-9-23(25)29)16-24(30)10-13-28(14-11-24)22-8-3-2-7-21(22)26/h2-8,15,23,29-31H,9-14,16-18H2,1H3/t23-,25-/m0/s1. The second kappa shape index (κ2) is 9.35. The Morgan fingerprint density at radius 1 is 1.06 bits per heavy atom. The van der Waals surface area contributed by atoms with Gasteiger partial charge in [0.05, 0.1) is 17.4 Å². The van der Waals surface area contributed by atoms with E-state index in [4.69, 9.17) is 4.74 Å². The van der Waals surface area contributed by atoms with Crippen molar-refractivity contribution in [3.8, 4) is 5.75 Å². The number of nitrogens with zero attached hydrogens (tertiary/aromatic N) is 2. The fourth-order valence-corrected chi connectivity index (χ4v) is 4.78. The lowest BCUT2D eigenvalue weighted by Crippen LogP contribution is -2.62. The van der Waals surface area contributed by atoms with Crippen molar-refractivity contribution in [1.29, 1.82) is 0 Å². The summed E-state index contributed by atoms with van der Waals surface area (Å²) < 4.78 is 19.9. The first-order chi connectivity index (χ1) is 15.3. The van der Waals surface area contributed by atoms with E-state index in [1.807, 2.05) is 47.1 Å². The van der Waals surface area contributed by atoms with E-state index >= 15 is 0 Å². The minimum Gasteiger partial charge on any atom is -0.490 e. The van der Waals surface area contributed by atoms with E-state index < -0.39 is 17.3 Å². The Morgan fingerprint density at radius 2 is 1.81 bits per heavy atom. The van der Waals surface area contributed by atoms with E-state index in [1.165, 1.54) is 6.07 Å². The fourth-order valence-electron chi connectivity index (χ4n) is 4.78. The molecule has 3 N–H and O–H groups in total. The highest BCUT2D eigenvalue weighted by molar-refractivity contribution is 5.48. The topological polar surface area (TPSA) is 76.4 Å². The van der Waals surface area contributed by atoms with Crippen LogP contribution in [0.25, 0.3) is 0 Å². The van der Waals surface area contributed by atoms with Gasteiger partial charge in [-0.1, -0.05) is 24.3 Å². The van der Waals surface area contributed by atoms with E-state index in [9.17, 15) is 19.7 Å². The van der Waals surface area contributed by atoms with Crippen LogP contribution in [0.3, 0.4) is 0 Å². The van der Waals surface area contributed by atoms with E-state index in [0.29, 0.717) is 56.9 Å². The SMILES string of the molecule is Cc1cccc(OC[C@@]2(O)CN(CC3(O)CCN(c4ccccc4F)CC3)CC[C@@H]2O)c1. The number of anilines is 1. The van der Waals surface area contributed by atoms with Crippen LogP contribution in [0.5, 0.6) is 5.75 Å². The Labute approximate surface area is 188 Å². The summed E-state index contributed by atoms with van der Waals surface area (Å²) in [7, 11) is 0. The Bertz CT molecular complexity index is 918. The first-order valence-corrected chi connectivity index (χ1v) is 11.3. The lowest BCUT2D eigenvalue weighted by Gasteiger charge is -2.46. The van der Waals surface area contributed by atoms with Crippen molar-refractivity contribution in [3.05, 3.63) is 59.9 Å². The van der Waals surface area contributed by atoms with Gasteiger partial charge in [-0.2, -0.15) is 0 Å². The third kappa shape index (κ3) is 5.23. The van der Waals surface area contributed by atoms with Gasteiger partial charge >= 0.3 is 0 Å². The second-order valence-electron chi connectivity index (χ2n) is 9.39. The Hall–Kier alpha value is -2.19. The van der Waals surface area contributed by atoms with Gasteiger partial charge in [0.2, 0.25) is 0 Å². The van der Waals surface area contributed by atoms with Crippen LogP contribution < -0.4 is 9.64 Å². The van der Waals surface area contributed by atoms with Crippen molar-refractivity contribution in [2.75, 3.05) is 44.2 Å². The molecule has 0 bridgehead atoms. The van der Waals surface area contributed by atoms with Gasteiger partial charge in [-0.05, 0) is 56.0 Å². The number of benzene rings is 2. The molecule has 0 saturated carbocycles. The Kier molecular flexibility index (Phi) is 6.72. The van der Waals surface area contributed by atoms with Crippen molar-refractivity contribution in [2.24, 2.45) is 0 Å². The van der Waals surface area contributed by atoms with Gasteiger partial charge in [-0.15, -0.1) is 0 Å². The van der Waals surface area contributed by atoms with Crippen molar-refractivity contribution in [2.45, 2.75) is 43.5 Å². The van der Waals surface area contributed by atoms with Gasteiger partial charge in [-0.3, -0.25) is 4.90 Å². The second-order valence-corrected chi connectivity index (χ2v) is 9.39. The highest BCUT2D eigenvalue weighted by atomic mass is 19.1. The number of hydrogen-bond donors (Lipinski definition) is 3. The molecule has 0 aromatic heterocycles. The van der Waals surface area contributed by atoms with Gasteiger partial charge in [0.1, 0.15) is 23.8 Å². The number of β-amino-alcohol motifs (C(OH)–C–C–N with tert-alkyl or cyclic N) is 2. The summed E-state index contributed by atoms with van der Waals surface area (Å²) in [6.45, 7) is 4.29. The number of hydrogen-bond acceptors (Lipinski definition) is 6. The predicted octanol–water partition coefficient (Wildman–Crippen LogP) is 2.34. The predicted molar refractivity (Wildman–Crippen MR) is 121 cm³/mol. The average molecular weight is 445 g/mol. The van der Waals surface area contributed by atoms with Crippen LogP contribution in [0.2, 0.25) is 0 Å². The molecule has 2 aromatic rings. The number of rotatable bonds is 6. The van der Waals surface area contributed by atoms with Crippen molar-refractivity contribution >= 4 is 5.69 Å². The number of aliphatic hydroxyl groups excluding tert-OH is 1. The summed E-state index contributed by atoms with van der Waals surface area (Å²) >= 11 is 0. The van der Waals surface area contributed by atoms with E-state index in [-0.39, 0.29) is 19.0 Å². The fraction of sp³-hybridized carbons (Fsp3) is 0.520. The van der Waals surface area contributed by atoms with Gasteiger partial charge in [-0.25, -0.2) is 4.39 Å². The number of halogens is 1. The van der Waals surface area contributed by atoms with Crippen LogP contribution in [0.4, 0.5) is 10.1 Å². The lowest BCUT2D eigenvalue weighted by molar-refractivity contribution is -0.149. The molecule has 0 spiro atoms. The maximum absolute atomic E-state index is 14.1. The number of aryl methyl sites for hydroxylation is 1. The molecule has 2 aromatic carbocycles. The molecule has 2 aliphatic rings. The maximum atomic E-state index is 14.1. The molecule has 7 heteroatoms. The molecule has 174 valence electrons. The molecule has 0 amide bonds. The third-order valence-corrected chi connectivity index (χ3v) is 6.72. The van der Waals surface area contributed by atoms with Crippen LogP contribution in [-0.4, -0.2) is 76.9 Å². The van der Waals surface area contributed by atoms with E-state index in [2.05, 4.69) is 0 Å². The smallest absolute Gasteiger partial charge is 0.146 e. The average Bonchev–Trinajstić information content (AvgIpc) is 2.76. The molecule has 2 heterocycles. The molecule has 6 nitrogen and oxygen atoms in total. The Balaban J connectivity index is 1.34. The molecular weight excluding hydrogens is 411 g/mol. The monoisotopic (exact) mass is 444 g/mol. The number of likely N-dealkylation sites (tertiary alicyclic amines) is 1. The molecule has 0 radical (unpaired) electrons. The molecule has 2 atom stereocenters. The van der Waals surface area contributed by atoms with Gasteiger partial charge < -0.3 is 25.0 Å². The molecule has 2 saturated heterocycles. The van der Waals surface area contributed by atoms with Gasteiger partial charge in [0.25, 0.3) is 0 Å². The summed E-state index contributed by atoms with van der Waals surface area (Å²) in [6, 6.07) is 14.3.